The molecule has 72 heavy (non-hydrogen) atoms. The Morgan fingerprint density at radius 3 is 0.736 bits per heavy atom. The van der Waals surface area contributed by atoms with Crippen molar-refractivity contribution in [3.05, 3.63) is 31.5 Å². The maximum Gasteiger partial charge on any atom is 0.337 e. The maximum absolute atomic E-state index is 14.6. The summed E-state index contributed by atoms with van der Waals surface area (Å²) in [6.07, 6.45) is 1.19. The lowest BCUT2D eigenvalue weighted by Gasteiger charge is -2.32. The van der Waals surface area contributed by atoms with Gasteiger partial charge in [0, 0.05) is 0 Å². The van der Waals surface area contributed by atoms with Crippen LogP contribution in [0.1, 0.15) is 78.9 Å². The number of epoxide rings is 6. The number of nitrogens with zero attached hydrogens (tertiary/aromatic N) is 3. The Morgan fingerprint density at radius 2 is 0.583 bits per heavy atom. The van der Waals surface area contributed by atoms with Crippen LogP contribution in [-0.4, -0.2) is 207 Å². The average molecular weight is 1030 g/mol. The summed E-state index contributed by atoms with van der Waals surface area (Å²) in [4.78, 5) is 86.2. The highest BCUT2D eigenvalue weighted by Crippen LogP contribution is 2.30. The van der Waals surface area contributed by atoms with Crippen molar-refractivity contribution in [2.75, 3.05) is 139 Å². The van der Waals surface area contributed by atoms with Crippen molar-refractivity contribution in [3.8, 4) is 0 Å². The minimum atomic E-state index is -1.69. The van der Waals surface area contributed by atoms with Gasteiger partial charge in [-0.3, -0.25) is 0 Å². The van der Waals surface area contributed by atoms with Gasteiger partial charge < -0.3 is 71.1 Å². The largest absolute Gasteiger partial charge is 0.463 e. The minimum Gasteiger partial charge on any atom is -0.463 e. The highest BCUT2D eigenvalue weighted by Gasteiger charge is 2.40. The van der Waals surface area contributed by atoms with Crippen molar-refractivity contribution in [3.63, 3.8) is 0 Å². The van der Waals surface area contributed by atoms with Gasteiger partial charge in [0.1, 0.15) is 74.6 Å². The number of esters is 3. The predicted octanol–water partition coefficient (Wildman–Crippen LogP) is 0.166. The molecule has 7 rings (SSSR count). The van der Waals surface area contributed by atoms with Gasteiger partial charge in [0.15, 0.2) is 0 Å². The predicted molar refractivity (Wildman–Crippen MR) is 248 cm³/mol. The van der Waals surface area contributed by atoms with E-state index in [0.717, 1.165) is 0 Å². The van der Waals surface area contributed by atoms with Gasteiger partial charge in [-0.25, -0.2) is 42.5 Å². The highest BCUT2D eigenvalue weighted by atomic mass is 16.6. The molecule has 0 radical (unpaired) electrons. The van der Waals surface area contributed by atoms with Gasteiger partial charge in [0.2, 0.25) is 0 Å². The van der Waals surface area contributed by atoms with Crippen LogP contribution in [0.4, 0.5) is 0 Å². The van der Waals surface area contributed by atoms with E-state index >= 15 is 0 Å². The fourth-order valence-corrected chi connectivity index (χ4v) is 7.66. The van der Waals surface area contributed by atoms with Crippen LogP contribution in [0.25, 0.3) is 0 Å². The molecule has 7 heterocycles. The topological polar surface area (TPSA) is 275 Å². The van der Waals surface area contributed by atoms with Crippen molar-refractivity contribution < 1.29 is 85.4 Å². The van der Waals surface area contributed by atoms with Crippen LogP contribution in [-0.2, 0) is 85.4 Å². The number of rotatable bonds is 39. The van der Waals surface area contributed by atoms with E-state index in [1.807, 2.05) is 20.8 Å². The van der Waals surface area contributed by atoms with Crippen molar-refractivity contribution in [2.45, 2.75) is 116 Å². The SMILES string of the molecule is CCC(COCC1CO1)(COCC1CO1)COC(=O)C(C)n1c(=O)n(C(C)C(=O)OCC(CC)(COCC2CO2)COCC2CO2)c(=O)n(C(C)C(=O)OCC(CC)(COCC2CO2)COCC2CO2)c1=O. The van der Waals surface area contributed by atoms with E-state index in [1.54, 1.807) is 0 Å². The smallest absolute Gasteiger partial charge is 0.337 e. The standard InChI is InChI=1S/C48H75N3O21/c1-7-46(22-58-10-34-16-64-34,23-59-11-35-17-65-35)28-70-40(52)31(4)49-43(55)50(32(5)41(53)71-29-47(8-2,24-60-12-36-18-66-36)25-61-13-37-19-67-37)45(57)51(44(49)56)33(6)42(54)72-30-48(9-3,26-62-14-38-20-68-38)27-63-15-39-21-69-39/h31-39H,7-30H2,1-6H3. The fraction of sp³-hybridized carbons (Fsp3) is 0.875. The molecule has 0 aromatic carbocycles. The molecule has 24 heteroatoms. The molecule has 24 nitrogen and oxygen atoms in total. The average Bonchev–Trinajstić information content (AvgIpc) is 4.15. The molecule has 0 aliphatic carbocycles. The molecule has 9 unspecified atom stereocenters. The zero-order valence-corrected chi connectivity index (χ0v) is 42.6. The van der Waals surface area contributed by atoms with E-state index in [-0.39, 0.29) is 96.1 Å². The molecule has 6 saturated heterocycles. The quantitative estimate of drug-likeness (QED) is 0.0483. The van der Waals surface area contributed by atoms with Gasteiger partial charge in [-0.05, 0) is 40.0 Å². The van der Waals surface area contributed by atoms with Gasteiger partial charge >= 0.3 is 35.0 Å². The van der Waals surface area contributed by atoms with Crippen molar-refractivity contribution in [2.24, 2.45) is 16.2 Å². The minimum absolute atomic E-state index is 0.0265. The molecule has 6 aliphatic rings. The van der Waals surface area contributed by atoms with Crippen molar-refractivity contribution in [1.29, 1.82) is 0 Å². The molecule has 6 fully saturated rings. The van der Waals surface area contributed by atoms with Crippen LogP contribution in [0.5, 0.6) is 0 Å². The lowest BCUT2D eigenvalue weighted by atomic mass is 9.88. The van der Waals surface area contributed by atoms with Gasteiger partial charge in [-0.1, -0.05) is 20.8 Å². The third-order valence-electron chi connectivity index (χ3n) is 13.9. The summed E-state index contributed by atoms with van der Waals surface area (Å²) < 4.78 is 86.5. The first-order valence-electron chi connectivity index (χ1n) is 25.3. The Labute approximate surface area is 418 Å². The molecular weight excluding hydrogens is 955 g/mol. The highest BCUT2D eigenvalue weighted by molar-refractivity contribution is 5.75. The maximum atomic E-state index is 14.6. The lowest BCUT2D eigenvalue weighted by Crippen LogP contribution is -2.59. The molecule has 408 valence electrons. The van der Waals surface area contributed by atoms with Gasteiger partial charge in [-0.15, -0.1) is 0 Å². The second kappa shape index (κ2) is 25.7. The Morgan fingerprint density at radius 1 is 0.403 bits per heavy atom. The van der Waals surface area contributed by atoms with E-state index in [4.69, 9.17) is 71.1 Å². The third kappa shape index (κ3) is 16.4. The molecular formula is C48H75N3O21. The number of ether oxygens (including phenoxy) is 15. The van der Waals surface area contributed by atoms with Crippen molar-refractivity contribution in [1.82, 2.24) is 13.7 Å². The first-order chi connectivity index (χ1) is 34.6. The molecule has 1 aromatic heterocycles. The second-order valence-corrected chi connectivity index (χ2v) is 20.2. The molecule has 0 bridgehead atoms. The summed E-state index contributed by atoms with van der Waals surface area (Å²) in [7, 11) is 0. The van der Waals surface area contributed by atoms with Crippen LogP contribution >= 0.6 is 0 Å². The summed E-state index contributed by atoms with van der Waals surface area (Å²) in [5, 5.41) is 0. The molecule has 0 saturated carbocycles. The molecule has 0 N–H and O–H groups in total. The summed E-state index contributed by atoms with van der Waals surface area (Å²) >= 11 is 0. The lowest BCUT2D eigenvalue weighted by molar-refractivity contribution is -0.155. The van der Waals surface area contributed by atoms with E-state index in [9.17, 15) is 28.8 Å². The number of carbonyl (C=O) groups excluding carboxylic acids is 3. The molecule has 0 spiro atoms. The number of carbonyl (C=O) groups is 3. The van der Waals surface area contributed by atoms with E-state index < -0.39 is 69.3 Å². The fourth-order valence-electron chi connectivity index (χ4n) is 7.66. The summed E-state index contributed by atoms with van der Waals surface area (Å²) in [5.74, 6) is -3.06. The molecule has 1 aromatic rings. The summed E-state index contributed by atoms with van der Waals surface area (Å²) in [6.45, 7) is 14.9. The molecule has 9 atom stereocenters. The molecule has 6 aliphatic heterocycles. The van der Waals surface area contributed by atoms with Crippen LogP contribution in [0.15, 0.2) is 14.4 Å². The molecule has 0 amide bonds. The summed E-state index contributed by atoms with van der Waals surface area (Å²) in [6, 6.07) is -5.07. The zero-order valence-electron chi connectivity index (χ0n) is 42.6. The zero-order chi connectivity index (χ0) is 51.5. The van der Waals surface area contributed by atoms with Crippen LogP contribution in [0.3, 0.4) is 0 Å². The number of hydrogen-bond acceptors (Lipinski definition) is 21. The van der Waals surface area contributed by atoms with Crippen LogP contribution in [0, 0.1) is 16.2 Å². The number of hydrogen-bond donors (Lipinski definition) is 0. The van der Waals surface area contributed by atoms with Crippen molar-refractivity contribution >= 4 is 17.9 Å². The second-order valence-electron chi connectivity index (χ2n) is 20.2. The summed E-state index contributed by atoms with van der Waals surface area (Å²) in [5.41, 5.74) is -6.50. The Hall–Kier alpha value is -3.66. The number of aromatic nitrogens is 3. The van der Waals surface area contributed by atoms with Gasteiger partial charge in [0.25, 0.3) is 0 Å². The first kappa shape index (κ1) is 56.1. The Balaban J connectivity index is 1.13. The van der Waals surface area contributed by atoms with Crippen LogP contribution in [0.2, 0.25) is 0 Å². The Bertz CT molecular complexity index is 1800. The first-order valence-corrected chi connectivity index (χ1v) is 25.3. The van der Waals surface area contributed by atoms with E-state index in [2.05, 4.69) is 0 Å². The monoisotopic (exact) mass is 1030 g/mol. The third-order valence-corrected chi connectivity index (χ3v) is 13.9. The normalized spacial score (nSPS) is 26.2. The van der Waals surface area contributed by atoms with Gasteiger partial charge in [0.05, 0.1) is 135 Å². The van der Waals surface area contributed by atoms with Gasteiger partial charge in [-0.2, -0.15) is 0 Å². The van der Waals surface area contributed by atoms with E-state index in [1.165, 1.54) is 20.8 Å². The Kier molecular flexibility index (Phi) is 20.0. The van der Waals surface area contributed by atoms with E-state index in [0.29, 0.717) is 112 Å². The van der Waals surface area contributed by atoms with Crippen LogP contribution < -0.4 is 17.1 Å².